The van der Waals surface area contributed by atoms with Crippen molar-refractivity contribution >= 4 is 34.4 Å². The molecular weight excluding hydrogens is 338 g/mol. The van der Waals surface area contributed by atoms with Crippen molar-refractivity contribution in [1.29, 1.82) is 0 Å². The van der Waals surface area contributed by atoms with Crippen LogP contribution >= 0.6 is 11.3 Å². The van der Waals surface area contributed by atoms with Crippen molar-refractivity contribution in [3.05, 3.63) is 52.5 Å². The highest BCUT2D eigenvalue weighted by atomic mass is 32.1. The molecule has 0 radical (unpaired) electrons. The number of ether oxygens (including phenoxy) is 1. The standard InChI is InChI=1S/C16H14F2N2O3S/c1-2-23-15(22)8-10-9-24-16(19-10)20-14(21)7-6-11-12(17)4-3-5-13(11)18/h3-7,9H,2,8H2,1H3,(H,19,20,21)/b7-6+. The highest BCUT2D eigenvalue weighted by molar-refractivity contribution is 7.14. The first kappa shape index (κ1) is 17.7. The topological polar surface area (TPSA) is 68.3 Å². The maximum absolute atomic E-state index is 13.4. The number of nitrogens with zero attached hydrogens (tertiary/aromatic N) is 1. The van der Waals surface area contributed by atoms with Crippen LogP contribution in [0.3, 0.4) is 0 Å². The summed E-state index contributed by atoms with van der Waals surface area (Å²) in [5, 5.41) is 4.36. The predicted molar refractivity (Wildman–Crippen MR) is 86.5 cm³/mol. The molecule has 1 heterocycles. The third-order valence-electron chi connectivity index (χ3n) is 2.81. The number of benzene rings is 1. The van der Waals surface area contributed by atoms with Crippen LogP contribution < -0.4 is 5.32 Å². The van der Waals surface area contributed by atoms with Gasteiger partial charge in [0, 0.05) is 17.0 Å². The smallest absolute Gasteiger partial charge is 0.311 e. The lowest BCUT2D eigenvalue weighted by molar-refractivity contribution is -0.142. The number of hydrogen-bond donors (Lipinski definition) is 1. The van der Waals surface area contributed by atoms with Crippen LogP contribution in [0.1, 0.15) is 18.2 Å². The van der Waals surface area contributed by atoms with Crippen molar-refractivity contribution in [2.45, 2.75) is 13.3 Å². The molecule has 0 aliphatic carbocycles. The number of rotatable bonds is 6. The summed E-state index contributed by atoms with van der Waals surface area (Å²) in [5.74, 6) is -2.51. The Kier molecular flexibility index (Phi) is 6.14. The molecule has 24 heavy (non-hydrogen) atoms. The normalized spacial score (nSPS) is 10.8. The largest absolute Gasteiger partial charge is 0.466 e. The van der Waals surface area contributed by atoms with Crippen LogP contribution in [0.2, 0.25) is 0 Å². The van der Waals surface area contributed by atoms with Gasteiger partial charge in [0.1, 0.15) is 11.6 Å². The summed E-state index contributed by atoms with van der Waals surface area (Å²) in [7, 11) is 0. The number of carbonyl (C=O) groups is 2. The van der Waals surface area contributed by atoms with E-state index in [1.165, 1.54) is 6.07 Å². The fraction of sp³-hybridized carbons (Fsp3) is 0.188. The van der Waals surface area contributed by atoms with Crippen LogP contribution in [-0.2, 0) is 20.7 Å². The van der Waals surface area contributed by atoms with Gasteiger partial charge < -0.3 is 4.74 Å². The number of halogens is 2. The van der Waals surface area contributed by atoms with Crippen LogP contribution in [0.5, 0.6) is 0 Å². The van der Waals surface area contributed by atoms with Crippen molar-refractivity contribution in [2.24, 2.45) is 0 Å². The highest BCUT2D eigenvalue weighted by Crippen LogP contribution is 2.17. The lowest BCUT2D eigenvalue weighted by atomic mass is 10.2. The van der Waals surface area contributed by atoms with Gasteiger partial charge in [0.05, 0.1) is 18.7 Å². The number of nitrogens with one attached hydrogen (secondary N) is 1. The van der Waals surface area contributed by atoms with Crippen molar-refractivity contribution in [3.8, 4) is 0 Å². The predicted octanol–water partition coefficient (Wildman–Crippen LogP) is 3.18. The molecule has 1 aromatic heterocycles. The molecule has 1 amide bonds. The van der Waals surface area contributed by atoms with Gasteiger partial charge in [-0.05, 0) is 25.1 Å². The quantitative estimate of drug-likeness (QED) is 0.640. The Morgan fingerprint density at radius 1 is 1.33 bits per heavy atom. The molecule has 126 valence electrons. The van der Waals surface area contributed by atoms with Gasteiger partial charge in [-0.25, -0.2) is 13.8 Å². The summed E-state index contributed by atoms with van der Waals surface area (Å²) in [4.78, 5) is 27.2. The van der Waals surface area contributed by atoms with Crippen molar-refractivity contribution < 1.29 is 23.1 Å². The van der Waals surface area contributed by atoms with Crippen LogP contribution in [0.25, 0.3) is 6.08 Å². The van der Waals surface area contributed by atoms with Crippen LogP contribution in [0, 0.1) is 11.6 Å². The Balaban J connectivity index is 1.96. The molecule has 8 heteroatoms. The van der Waals surface area contributed by atoms with Gasteiger partial charge in [-0.1, -0.05) is 6.07 Å². The van der Waals surface area contributed by atoms with E-state index in [9.17, 15) is 18.4 Å². The first-order chi connectivity index (χ1) is 11.5. The number of hydrogen-bond acceptors (Lipinski definition) is 5. The first-order valence-corrected chi connectivity index (χ1v) is 7.90. The fourth-order valence-electron chi connectivity index (χ4n) is 1.78. The van der Waals surface area contributed by atoms with E-state index in [1.807, 2.05) is 0 Å². The highest BCUT2D eigenvalue weighted by Gasteiger charge is 2.10. The lowest BCUT2D eigenvalue weighted by Crippen LogP contribution is -2.09. The van der Waals surface area contributed by atoms with Gasteiger partial charge in [0.15, 0.2) is 5.13 Å². The minimum absolute atomic E-state index is 0.0104. The third kappa shape index (κ3) is 4.95. The van der Waals surface area contributed by atoms with Gasteiger partial charge in [-0.2, -0.15) is 0 Å². The maximum Gasteiger partial charge on any atom is 0.311 e. The van der Waals surface area contributed by atoms with E-state index in [1.54, 1.807) is 12.3 Å². The molecule has 2 aromatic rings. The number of aromatic nitrogens is 1. The van der Waals surface area contributed by atoms with Gasteiger partial charge in [0.2, 0.25) is 5.91 Å². The minimum atomic E-state index is -0.759. The van der Waals surface area contributed by atoms with Gasteiger partial charge in [-0.3, -0.25) is 14.9 Å². The van der Waals surface area contributed by atoms with E-state index in [0.29, 0.717) is 5.69 Å². The zero-order valence-corrected chi connectivity index (χ0v) is 13.5. The summed E-state index contributed by atoms with van der Waals surface area (Å²) in [5.41, 5.74) is 0.174. The van der Waals surface area contributed by atoms with E-state index >= 15 is 0 Å². The summed E-state index contributed by atoms with van der Waals surface area (Å²) in [6, 6.07) is 3.44. The monoisotopic (exact) mass is 352 g/mol. The first-order valence-electron chi connectivity index (χ1n) is 7.02. The number of anilines is 1. The van der Waals surface area contributed by atoms with Crippen LogP contribution in [0.15, 0.2) is 29.7 Å². The summed E-state index contributed by atoms with van der Waals surface area (Å²) >= 11 is 1.13. The zero-order valence-electron chi connectivity index (χ0n) is 12.7. The Bertz CT molecular complexity index is 754. The molecule has 1 N–H and O–H groups in total. The Morgan fingerprint density at radius 3 is 2.71 bits per heavy atom. The van der Waals surface area contributed by atoms with Gasteiger partial charge >= 0.3 is 5.97 Å². The molecule has 0 bridgehead atoms. The van der Waals surface area contributed by atoms with Crippen molar-refractivity contribution in [1.82, 2.24) is 4.98 Å². The molecular formula is C16H14F2N2O3S. The minimum Gasteiger partial charge on any atom is -0.466 e. The summed E-state index contributed by atoms with van der Waals surface area (Å²) in [6.45, 7) is 1.99. The fourth-order valence-corrected chi connectivity index (χ4v) is 2.49. The maximum atomic E-state index is 13.4. The van der Waals surface area contributed by atoms with Crippen molar-refractivity contribution in [2.75, 3.05) is 11.9 Å². The number of carbonyl (C=O) groups excluding carboxylic acids is 2. The molecule has 0 saturated carbocycles. The molecule has 0 fully saturated rings. The molecule has 0 spiro atoms. The summed E-state index contributed by atoms with van der Waals surface area (Å²) < 4.78 is 31.7. The SMILES string of the molecule is CCOC(=O)Cc1csc(NC(=O)/C=C/c2c(F)cccc2F)n1. The van der Waals surface area contributed by atoms with Crippen molar-refractivity contribution in [3.63, 3.8) is 0 Å². The third-order valence-corrected chi connectivity index (χ3v) is 3.62. The van der Waals surface area contributed by atoms with Crippen LogP contribution in [-0.4, -0.2) is 23.5 Å². The van der Waals surface area contributed by atoms with Gasteiger partial charge in [0.25, 0.3) is 0 Å². The lowest BCUT2D eigenvalue weighted by Gasteiger charge is -1.99. The molecule has 0 atom stereocenters. The Morgan fingerprint density at radius 2 is 2.04 bits per heavy atom. The van der Waals surface area contributed by atoms with E-state index in [0.717, 1.165) is 35.6 Å². The number of thiazole rings is 1. The zero-order chi connectivity index (χ0) is 17.5. The second-order valence-corrected chi connectivity index (χ2v) is 5.44. The molecule has 0 aliphatic heterocycles. The van der Waals surface area contributed by atoms with Crippen LogP contribution in [0.4, 0.5) is 13.9 Å². The molecule has 5 nitrogen and oxygen atoms in total. The molecule has 0 saturated heterocycles. The van der Waals surface area contributed by atoms with E-state index in [2.05, 4.69) is 10.3 Å². The van der Waals surface area contributed by atoms with E-state index in [-0.39, 0.29) is 23.7 Å². The Hall–Kier alpha value is -2.61. The average molecular weight is 352 g/mol. The second kappa shape index (κ2) is 8.30. The number of amides is 1. The summed E-state index contributed by atoms with van der Waals surface area (Å²) in [6.07, 6.45) is 2.07. The van der Waals surface area contributed by atoms with Gasteiger partial charge in [-0.15, -0.1) is 11.3 Å². The van der Waals surface area contributed by atoms with E-state index < -0.39 is 23.5 Å². The molecule has 0 aliphatic rings. The molecule has 0 unspecified atom stereocenters. The molecule has 1 aromatic carbocycles. The molecule has 2 rings (SSSR count). The Labute approximate surface area is 141 Å². The second-order valence-electron chi connectivity index (χ2n) is 4.58. The number of esters is 1. The average Bonchev–Trinajstić information content (AvgIpc) is 2.93. The van der Waals surface area contributed by atoms with E-state index in [4.69, 9.17) is 4.74 Å².